The highest BCUT2D eigenvalue weighted by Gasteiger charge is 2.37. The van der Waals surface area contributed by atoms with Gasteiger partial charge < -0.3 is 10.4 Å². The van der Waals surface area contributed by atoms with Gasteiger partial charge in [0.15, 0.2) is 0 Å². The van der Waals surface area contributed by atoms with E-state index >= 15 is 0 Å². The number of benzene rings is 2. The first-order valence-electron chi connectivity index (χ1n) is 5.95. The molecule has 0 saturated heterocycles. The van der Waals surface area contributed by atoms with E-state index in [0.29, 0.717) is 11.1 Å². The third-order valence-corrected chi connectivity index (χ3v) is 2.87. The predicted octanol–water partition coefficient (Wildman–Crippen LogP) is 2.45. The molecule has 0 aliphatic heterocycles. The Hall–Kier alpha value is -2.39. The van der Waals surface area contributed by atoms with Gasteiger partial charge in [0.1, 0.15) is 0 Å². The van der Waals surface area contributed by atoms with Crippen molar-refractivity contribution in [3.05, 3.63) is 84.6 Å². The van der Waals surface area contributed by atoms with Gasteiger partial charge in [-0.2, -0.15) is 0 Å². The van der Waals surface area contributed by atoms with Crippen molar-refractivity contribution in [3.63, 3.8) is 0 Å². The maximum Gasteiger partial charge on any atom is 0.227 e. The molecule has 0 aliphatic rings. The largest absolute Gasteiger partial charge is 0.361 e. The quantitative estimate of drug-likeness (QED) is 0.635. The zero-order valence-corrected chi connectivity index (χ0v) is 10.4. The molecular weight excluding hydrogens is 238 g/mol. The number of carbonyl (C=O) groups is 1. The van der Waals surface area contributed by atoms with Crippen molar-refractivity contribution in [1.29, 1.82) is 0 Å². The summed E-state index contributed by atoms with van der Waals surface area (Å²) in [5.41, 5.74) is -0.892. The molecular formula is C16H15NO2. The summed E-state index contributed by atoms with van der Waals surface area (Å²) in [6.07, 6.45) is 1.31. The Labute approximate surface area is 112 Å². The molecule has 2 rings (SSSR count). The molecule has 19 heavy (non-hydrogen) atoms. The highest BCUT2D eigenvalue weighted by Crippen LogP contribution is 2.23. The molecule has 2 N–H and O–H groups in total. The molecule has 96 valence electrons. The van der Waals surface area contributed by atoms with Crippen molar-refractivity contribution in [1.82, 2.24) is 5.32 Å². The molecule has 0 fully saturated rings. The van der Waals surface area contributed by atoms with Crippen LogP contribution >= 0.6 is 0 Å². The van der Waals surface area contributed by atoms with Crippen molar-refractivity contribution >= 4 is 5.78 Å². The zero-order valence-electron chi connectivity index (χ0n) is 10.4. The monoisotopic (exact) mass is 253 g/mol. The van der Waals surface area contributed by atoms with Gasteiger partial charge in [0.2, 0.25) is 11.5 Å². The van der Waals surface area contributed by atoms with Crippen LogP contribution in [0.4, 0.5) is 0 Å². The van der Waals surface area contributed by atoms with Crippen LogP contribution in [0.5, 0.6) is 0 Å². The van der Waals surface area contributed by atoms with E-state index in [0.717, 1.165) is 0 Å². The van der Waals surface area contributed by atoms with Gasteiger partial charge in [-0.15, -0.1) is 0 Å². The molecule has 0 aliphatic carbocycles. The third kappa shape index (κ3) is 2.56. The summed E-state index contributed by atoms with van der Waals surface area (Å²) in [4.78, 5) is 12.5. The van der Waals surface area contributed by atoms with Crippen LogP contribution in [-0.2, 0) is 5.72 Å². The minimum Gasteiger partial charge on any atom is -0.361 e. The fraction of sp³-hybridized carbons (Fsp3) is 0.0625. The number of ketones is 1. The van der Waals surface area contributed by atoms with Crippen molar-refractivity contribution in [3.8, 4) is 0 Å². The Kier molecular flexibility index (Phi) is 3.78. The topological polar surface area (TPSA) is 49.3 Å². The van der Waals surface area contributed by atoms with E-state index in [1.807, 2.05) is 12.1 Å². The maximum atomic E-state index is 12.5. The average molecular weight is 253 g/mol. The number of hydrogen-bond acceptors (Lipinski definition) is 3. The molecule has 3 heteroatoms. The molecule has 0 aromatic heterocycles. The molecule has 0 spiro atoms. The van der Waals surface area contributed by atoms with Crippen molar-refractivity contribution in [2.75, 3.05) is 0 Å². The second kappa shape index (κ2) is 5.50. The maximum absolute atomic E-state index is 12.5. The van der Waals surface area contributed by atoms with E-state index in [2.05, 4.69) is 11.9 Å². The van der Waals surface area contributed by atoms with E-state index in [-0.39, 0.29) is 0 Å². The summed E-state index contributed by atoms with van der Waals surface area (Å²) in [6.45, 7) is 3.52. The van der Waals surface area contributed by atoms with Gasteiger partial charge in [-0.1, -0.05) is 67.2 Å². The number of carbonyl (C=O) groups excluding carboxylic acids is 1. The molecule has 2 aromatic carbocycles. The first-order chi connectivity index (χ1) is 9.18. The van der Waals surface area contributed by atoms with Crippen LogP contribution < -0.4 is 5.32 Å². The van der Waals surface area contributed by atoms with Crippen LogP contribution in [0.3, 0.4) is 0 Å². The SMILES string of the molecule is C=CNC(O)(C(=O)c1ccccc1)c1ccccc1. The van der Waals surface area contributed by atoms with Gasteiger partial charge in [-0.05, 0) is 6.20 Å². The van der Waals surface area contributed by atoms with Gasteiger partial charge >= 0.3 is 0 Å². The summed E-state index contributed by atoms with van der Waals surface area (Å²) < 4.78 is 0. The first-order valence-corrected chi connectivity index (χ1v) is 5.95. The van der Waals surface area contributed by atoms with Gasteiger partial charge in [-0.25, -0.2) is 0 Å². The van der Waals surface area contributed by atoms with E-state index in [4.69, 9.17) is 0 Å². The number of nitrogens with one attached hydrogen (secondary N) is 1. The van der Waals surface area contributed by atoms with E-state index in [9.17, 15) is 9.90 Å². The Balaban J connectivity index is 2.46. The average Bonchev–Trinajstić information content (AvgIpc) is 2.48. The van der Waals surface area contributed by atoms with Crippen LogP contribution in [0.15, 0.2) is 73.4 Å². The first kappa shape index (κ1) is 13.1. The van der Waals surface area contributed by atoms with Crippen molar-refractivity contribution in [2.45, 2.75) is 5.72 Å². The lowest BCUT2D eigenvalue weighted by Crippen LogP contribution is -2.46. The predicted molar refractivity (Wildman–Crippen MR) is 74.4 cm³/mol. The smallest absolute Gasteiger partial charge is 0.227 e. The molecule has 0 saturated carbocycles. The van der Waals surface area contributed by atoms with E-state index < -0.39 is 11.5 Å². The highest BCUT2D eigenvalue weighted by atomic mass is 16.3. The fourth-order valence-electron chi connectivity index (χ4n) is 1.91. The van der Waals surface area contributed by atoms with Crippen LogP contribution in [-0.4, -0.2) is 10.9 Å². The molecule has 0 heterocycles. The summed E-state index contributed by atoms with van der Waals surface area (Å²) in [6, 6.07) is 17.4. The Morgan fingerprint density at radius 2 is 1.58 bits per heavy atom. The summed E-state index contributed by atoms with van der Waals surface area (Å²) in [5, 5.41) is 13.3. The van der Waals surface area contributed by atoms with Crippen LogP contribution in [0.25, 0.3) is 0 Å². The number of Topliss-reactive ketones (excluding diaryl/α,β-unsaturated/α-hetero) is 1. The fourth-order valence-corrected chi connectivity index (χ4v) is 1.91. The molecule has 3 nitrogen and oxygen atoms in total. The standard InChI is InChI=1S/C16H15NO2/c1-2-17-16(19,14-11-7-4-8-12-14)15(18)13-9-5-3-6-10-13/h2-12,17,19H,1H2. The van der Waals surface area contributed by atoms with Crippen LogP contribution in [0.1, 0.15) is 15.9 Å². The second-order valence-electron chi connectivity index (χ2n) is 4.12. The number of hydrogen-bond donors (Lipinski definition) is 2. The lowest BCUT2D eigenvalue weighted by molar-refractivity contribution is 0.0180. The normalized spacial score (nSPS) is 13.3. The van der Waals surface area contributed by atoms with Gasteiger partial charge in [0.05, 0.1) is 0 Å². The molecule has 1 unspecified atom stereocenters. The molecule has 1 atom stereocenters. The van der Waals surface area contributed by atoms with E-state index in [1.165, 1.54) is 6.20 Å². The zero-order chi connectivity index (χ0) is 13.7. The van der Waals surface area contributed by atoms with Gasteiger partial charge in [-0.3, -0.25) is 4.79 Å². The van der Waals surface area contributed by atoms with Crippen molar-refractivity contribution < 1.29 is 9.90 Å². The second-order valence-corrected chi connectivity index (χ2v) is 4.12. The minimum atomic E-state index is -1.80. The molecule has 0 radical (unpaired) electrons. The summed E-state index contributed by atoms with van der Waals surface area (Å²) in [5.74, 6) is -0.417. The third-order valence-electron chi connectivity index (χ3n) is 2.87. The molecule has 2 aromatic rings. The van der Waals surface area contributed by atoms with Crippen LogP contribution in [0, 0.1) is 0 Å². The Morgan fingerprint density at radius 1 is 1.05 bits per heavy atom. The van der Waals surface area contributed by atoms with E-state index in [1.54, 1.807) is 48.5 Å². The lowest BCUT2D eigenvalue weighted by atomic mass is 9.93. The van der Waals surface area contributed by atoms with Gasteiger partial charge in [0.25, 0.3) is 0 Å². The molecule has 0 bridgehead atoms. The number of aliphatic hydroxyl groups is 1. The highest BCUT2D eigenvalue weighted by molar-refractivity contribution is 6.02. The summed E-state index contributed by atoms with van der Waals surface area (Å²) >= 11 is 0. The minimum absolute atomic E-state index is 0.417. The lowest BCUT2D eigenvalue weighted by Gasteiger charge is -2.27. The Morgan fingerprint density at radius 3 is 2.11 bits per heavy atom. The molecule has 0 amide bonds. The van der Waals surface area contributed by atoms with Crippen molar-refractivity contribution in [2.24, 2.45) is 0 Å². The van der Waals surface area contributed by atoms with Crippen LogP contribution in [0.2, 0.25) is 0 Å². The van der Waals surface area contributed by atoms with Gasteiger partial charge in [0, 0.05) is 11.1 Å². The number of rotatable bonds is 5. The Bertz CT molecular complexity index is 566. The summed E-state index contributed by atoms with van der Waals surface area (Å²) in [7, 11) is 0.